The van der Waals surface area contributed by atoms with Gasteiger partial charge in [-0.15, -0.1) is 0 Å². The molecule has 4 rings (SSSR count). The number of ketones is 1. The van der Waals surface area contributed by atoms with Gasteiger partial charge in [-0.2, -0.15) is 0 Å². The van der Waals surface area contributed by atoms with Gasteiger partial charge in [0.15, 0.2) is 12.4 Å². The number of piperazine rings is 1. The largest absolute Gasteiger partial charge is 0.486 e. The number of nitrogens with zero attached hydrogens (tertiary/aromatic N) is 2. The second-order valence-corrected chi connectivity index (χ2v) is 8.46. The SMILES string of the molecule is CCOC(=O)N1CCN(C(=O)COc2ccc3c(c2)OC2(CCCCC2)CC3=O)CC1. The van der Waals surface area contributed by atoms with E-state index < -0.39 is 0 Å². The van der Waals surface area contributed by atoms with E-state index in [1.807, 2.05) is 0 Å². The first-order valence-corrected chi connectivity index (χ1v) is 11.2. The topological polar surface area (TPSA) is 85.4 Å². The van der Waals surface area contributed by atoms with Crippen LogP contribution in [0.2, 0.25) is 0 Å². The Balaban J connectivity index is 1.33. The van der Waals surface area contributed by atoms with Crippen LogP contribution in [0, 0.1) is 0 Å². The molecule has 1 aromatic carbocycles. The van der Waals surface area contributed by atoms with Crippen LogP contribution in [0.15, 0.2) is 18.2 Å². The van der Waals surface area contributed by atoms with E-state index in [-0.39, 0.29) is 30.0 Å². The Morgan fingerprint density at radius 3 is 2.48 bits per heavy atom. The number of benzene rings is 1. The number of ether oxygens (including phenoxy) is 3. The second kappa shape index (κ2) is 9.16. The van der Waals surface area contributed by atoms with Crippen molar-refractivity contribution in [3.8, 4) is 11.5 Å². The van der Waals surface area contributed by atoms with Crippen molar-refractivity contribution in [3.05, 3.63) is 23.8 Å². The summed E-state index contributed by atoms with van der Waals surface area (Å²) in [5.41, 5.74) is 0.208. The predicted octanol–water partition coefficient (Wildman–Crippen LogP) is 3.03. The summed E-state index contributed by atoms with van der Waals surface area (Å²) in [5.74, 6) is 1.05. The van der Waals surface area contributed by atoms with Crippen LogP contribution in [0.3, 0.4) is 0 Å². The molecule has 2 heterocycles. The lowest BCUT2D eigenvalue weighted by molar-refractivity contribution is -0.135. The molecule has 0 unspecified atom stereocenters. The summed E-state index contributed by atoms with van der Waals surface area (Å²) in [4.78, 5) is 40.2. The van der Waals surface area contributed by atoms with E-state index >= 15 is 0 Å². The number of carbonyl (C=O) groups excluding carboxylic acids is 3. The highest BCUT2D eigenvalue weighted by atomic mass is 16.6. The van der Waals surface area contributed by atoms with Gasteiger partial charge in [-0.25, -0.2) is 4.79 Å². The molecule has 1 saturated heterocycles. The number of Topliss-reactive ketones (excluding diaryl/α,β-unsaturated/α-hetero) is 1. The van der Waals surface area contributed by atoms with Crippen molar-refractivity contribution in [2.45, 2.75) is 51.0 Å². The quantitative estimate of drug-likeness (QED) is 0.730. The lowest BCUT2D eigenvalue weighted by Gasteiger charge is -2.40. The average molecular weight is 431 g/mol. The molecule has 2 amide bonds. The fourth-order valence-corrected chi connectivity index (χ4v) is 4.63. The van der Waals surface area contributed by atoms with Crippen LogP contribution in [0.5, 0.6) is 11.5 Å². The van der Waals surface area contributed by atoms with Crippen LogP contribution < -0.4 is 9.47 Å². The molecule has 1 aliphatic carbocycles. The van der Waals surface area contributed by atoms with Gasteiger partial charge in [0.05, 0.1) is 18.6 Å². The summed E-state index contributed by atoms with van der Waals surface area (Å²) < 4.78 is 17.0. The van der Waals surface area contributed by atoms with Crippen molar-refractivity contribution in [2.75, 3.05) is 39.4 Å². The molecule has 8 nitrogen and oxygen atoms in total. The predicted molar refractivity (Wildman–Crippen MR) is 113 cm³/mol. The molecule has 3 aliphatic rings. The zero-order valence-electron chi connectivity index (χ0n) is 18.1. The number of hydrogen-bond donors (Lipinski definition) is 0. The van der Waals surface area contributed by atoms with Gasteiger partial charge in [0.2, 0.25) is 0 Å². The van der Waals surface area contributed by atoms with Gasteiger partial charge < -0.3 is 24.0 Å². The van der Waals surface area contributed by atoms with Crippen LogP contribution in [0.25, 0.3) is 0 Å². The van der Waals surface area contributed by atoms with Crippen LogP contribution in [0.4, 0.5) is 4.79 Å². The molecule has 1 aromatic rings. The number of fused-ring (bicyclic) bond motifs is 1. The van der Waals surface area contributed by atoms with E-state index in [9.17, 15) is 14.4 Å². The van der Waals surface area contributed by atoms with Gasteiger partial charge in [0, 0.05) is 32.2 Å². The maximum Gasteiger partial charge on any atom is 0.409 e. The Hall–Kier alpha value is -2.77. The Bertz CT molecular complexity index is 840. The lowest BCUT2D eigenvalue weighted by Crippen LogP contribution is -2.51. The molecule has 0 atom stereocenters. The molecular weight excluding hydrogens is 400 g/mol. The molecule has 0 radical (unpaired) electrons. The molecule has 8 heteroatoms. The molecule has 31 heavy (non-hydrogen) atoms. The Morgan fingerprint density at radius 1 is 1.06 bits per heavy atom. The highest BCUT2D eigenvalue weighted by Gasteiger charge is 2.41. The first kappa shape index (κ1) is 21.5. The van der Waals surface area contributed by atoms with Crippen LogP contribution in [-0.4, -0.2) is 72.6 Å². The van der Waals surface area contributed by atoms with Gasteiger partial charge in [0.1, 0.15) is 17.1 Å². The highest BCUT2D eigenvalue weighted by Crippen LogP contribution is 2.42. The zero-order chi connectivity index (χ0) is 21.8. The second-order valence-electron chi connectivity index (χ2n) is 8.46. The third kappa shape index (κ3) is 4.78. The van der Waals surface area contributed by atoms with Gasteiger partial charge in [-0.1, -0.05) is 6.42 Å². The molecule has 0 N–H and O–H groups in total. The van der Waals surface area contributed by atoms with Crippen LogP contribution >= 0.6 is 0 Å². The van der Waals surface area contributed by atoms with E-state index in [1.165, 1.54) is 6.42 Å². The third-order valence-corrected chi connectivity index (χ3v) is 6.35. The van der Waals surface area contributed by atoms with Crippen molar-refractivity contribution >= 4 is 17.8 Å². The molecule has 0 aromatic heterocycles. The highest BCUT2D eigenvalue weighted by molar-refractivity contribution is 6.00. The van der Waals surface area contributed by atoms with Gasteiger partial charge >= 0.3 is 6.09 Å². The smallest absolute Gasteiger partial charge is 0.409 e. The number of amides is 2. The molecule has 2 fully saturated rings. The maximum atomic E-state index is 12.6. The van der Waals surface area contributed by atoms with Crippen molar-refractivity contribution in [1.29, 1.82) is 0 Å². The van der Waals surface area contributed by atoms with Gasteiger partial charge in [-0.3, -0.25) is 9.59 Å². The Kier molecular flexibility index (Phi) is 6.34. The van der Waals surface area contributed by atoms with Gasteiger partial charge in [-0.05, 0) is 44.7 Å². The summed E-state index contributed by atoms with van der Waals surface area (Å²) >= 11 is 0. The van der Waals surface area contributed by atoms with Crippen molar-refractivity contribution in [2.24, 2.45) is 0 Å². The molecular formula is C23H30N2O6. The van der Waals surface area contributed by atoms with E-state index in [1.54, 1.807) is 34.9 Å². The summed E-state index contributed by atoms with van der Waals surface area (Å²) in [6, 6.07) is 5.17. The monoisotopic (exact) mass is 430 g/mol. The molecule has 1 spiro atoms. The van der Waals surface area contributed by atoms with Gasteiger partial charge in [0.25, 0.3) is 5.91 Å². The first-order valence-electron chi connectivity index (χ1n) is 11.2. The standard InChI is InChI=1S/C23H30N2O6/c1-2-29-22(28)25-12-10-24(11-13-25)21(27)16-30-17-6-7-18-19(26)15-23(31-20(18)14-17)8-4-3-5-9-23/h6-7,14H,2-5,8-13,15-16H2,1H3. The van der Waals surface area contributed by atoms with E-state index in [0.29, 0.717) is 56.3 Å². The van der Waals surface area contributed by atoms with E-state index in [4.69, 9.17) is 14.2 Å². The van der Waals surface area contributed by atoms with E-state index in [2.05, 4.69) is 0 Å². The minimum absolute atomic E-state index is 0.0999. The first-order chi connectivity index (χ1) is 15.0. The fraction of sp³-hybridized carbons (Fsp3) is 0.609. The maximum absolute atomic E-state index is 12.6. The average Bonchev–Trinajstić information content (AvgIpc) is 2.78. The van der Waals surface area contributed by atoms with Crippen molar-refractivity contribution in [3.63, 3.8) is 0 Å². The molecule has 168 valence electrons. The Morgan fingerprint density at radius 2 is 1.77 bits per heavy atom. The summed E-state index contributed by atoms with van der Waals surface area (Å²) in [6.45, 7) is 3.80. The fourth-order valence-electron chi connectivity index (χ4n) is 4.63. The zero-order valence-corrected chi connectivity index (χ0v) is 18.1. The summed E-state index contributed by atoms with van der Waals surface area (Å²) in [6.07, 6.45) is 5.25. The minimum atomic E-state index is -0.380. The minimum Gasteiger partial charge on any atom is -0.486 e. The van der Waals surface area contributed by atoms with Crippen molar-refractivity contribution in [1.82, 2.24) is 9.80 Å². The molecule has 1 saturated carbocycles. The van der Waals surface area contributed by atoms with Crippen LogP contribution in [0.1, 0.15) is 55.8 Å². The number of hydrogen-bond acceptors (Lipinski definition) is 6. The molecule has 0 bridgehead atoms. The molecule has 2 aliphatic heterocycles. The normalized spacial score (nSPS) is 20.1. The number of rotatable bonds is 4. The third-order valence-electron chi connectivity index (χ3n) is 6.35. The van der Waals surface area contributed by atoms with Crippen LogP contribution in [-0.2, 0) is 9.53 Å². The Labute approximate surface area is 182 Å². The summed E-state index contributed by atoms with van der Waals surface area (Å²) in [5, 5.41) is 0. The van der Waals surface area contributed by atoms with Crippen molar-refractivity contribution < 1.29 is 28.6 Å². The number of carbonyl (C=O) groups is 3. The van der Waals surface area contributed by atoms with E-state index in [0.717, 1.165) is 25.7 Å². The lowest BCUT2D eigenvalue weighted by atomic mass is 9.78. The summed E-state index contributed by atoms with van der Waals surface area (Å²) in [7, 11) is 0.